The lowest BCUT2D eigenvalue weighted by Gasteiger charge is -2.49. The van der Waals surface area contributed by atoms with Gasteiger partial charge < -0.3 is 25.4 Å². The quantitative estimate of drug-likeness (QED) is 0.281. The molecule has 1 aliphatic rings. The second-order valence-electron chi connectivity index (χ2n) is 11.5. The molecule has 2 atom stereocenters. The Balaban J connectivity index is 0.00000552. The van der Waals surface area contributed by atoms with Crippen LogP contribution >= 0.6 is 12.4 Å². The smallest absolute Gasteiger partial charge is 0.324 e. The topological polar surface area (TPSA) is 131 Å². The van der Waals surface area contributed by atoms with E-state index >= 15 is 0 Å². The van der Waals surface area contributed by atoms with Crippen LogP contribution in [0.1, 0.15) is 31.9 Å². The van der Waals surface area contributed by atoms with Crippen LogP contribution in [0.2, 0.25) is 0 Å². The van der Waals surface area contributed by atoms with E-state index in [0.717, 1.165) is 5.69 Å². The van der Waals surface area contributed by atoms with Crippen molar-refractivity contribution in [1.29, 1.82) is 0 Å². The van der Waals surface area contributed by atoms with Gasteiger partial charge in [0.05, 0.1) is 18.0 Å². The van der Waals surface area contributed by atoms with Crippen LogP contribution in [-0.2, 0) is 36.4 Å². The number of anilines is 1. The SMILES string of the molecule is CC(C)NC(=O)C(C)OC(=O)[C@@H](N)Cc1cccc(S(=O)(=O)N2CC(Oc3ccc(N(C)C)cc3)(c3ccc(F)cc3)C2)c1.Cl. The van der Waals surface area contributed by atoms with Crippen LogP contribution in [0, 0.1) is 5.82 Å². The first kappa shape index (κ1) is 35.8. The highest BCUT2D eigenvalue weighted by Crippen LogP contribution is 2.40. The molecule has 3 aromatic carbocycles. The van der Waals surface area contributed by atoms with Crippen molar-refractivity contribution in [3.05, 3.63) is 89.7 Å². The van der Waals surface area contributed by atoms with E-state index in [1.807, 2.05) is 43.3 Å². The van der Waals surface area contributed by atoms with E-state index in [1.165, 1.54) is 35.5 Å². The zero-order chi connectivity index (χ0) is 32.2. The summed E-state index contributed by atoms with van der Waals surface area (Å²) in [7, 11) is -0.108. The number of hydrogen-bond donors (Lipinski definition) is 2. The van der Waals surface area contributed by atoms with Gasteiger partial charge in [-0.2, -0.15) is 4.31 Å². The van der Waals surface area contributed by atoms with E-state index in [9.17, 15) is 22.4 Å². The second-order valence-corrected chi connectivity index (χ2v) is 13.4. The fourth-order valence-electron chi connectivity index (χ4n) is 4.83. The van der Waals surface area contributed by atoms with Gasteiger partial charge in [-0.1, -0.05) is 24.3 Å². The van der Waals surface area contributed by atoms with E-state index in [0.29, 0.717) is 16.9 Å². The predicted molar refractivity (Wildman–Crippen MR) is 172 cm³/mol. The maximum absolute atomic E-state index is 13.7. The molecule has 10 nitrogen and oxygen atoms in total. The van der Waals surface area contributed by atoms with Crippen molar-refractivity contribution >= 4 is 40.0 Å². The number of amides is 1. The van der Waals surface area contributed by atoms with Crippen LogP contribution in [0.5, 0.6) is 5.75 Å². The molecule has 4 rings (SSSR count). The number of nitrogens with zero attached hydrogens (tertiary/aromatic N) is 2. The van der Waals surface area contributed by atoms with Gasteiger partial charge in [0.15, 0.2) is 11.7 Å². The Hall–Kier alpha value is -3.71. The Labute approximate surface area is 270 Å². The molecular formula is C32H40ClFN4O6S. The molecule has 1 unspecified atom stereocenters. The molecule has 1 saturated heterocycles. The minimum Gasteiger partial charge on any atom is -0.480 e. The maximum atomic E-state index is 13.7. The summed E-state index contributed by atoms with van der Waals surface area (Å²) in [5, 5.41) is 2.66. The molecule has 1 aliphatic heterocycles. The zero-order valence-corrected chi connectivity index (χ0v) is 27.5. The fraction of sp³-hybridized carbons (Fsp3) is 0.375. The number of carbonyl (C=O) groups excluding carboxylic acids is 2. The van der Waals surface area contributed by atoms with E-state index in [2.05, 4.69) is 5.32 Å². The molecule has 244 valence electrons. The van der Waals surface area contributed by atoms with Crippen LogP contribution in [-0.4, -0.2) is 70.0 Å². The molecular weight excluding hydrogens is 623 g/mol. The van der Waals surface area contributed by atoms with Crippen molar-refractivity contribution in [3.63, 3.8) is 0 Å². The Morgan fingerprint density at radius 2 is 1.64 bits per heavy atom. The van der Waals surface area contributed by atoms with E-state index in [4.69, 9.17) is 15.2 Å². The van der Waals surface area contributed by atoms with Gasteiger partial charge in [-0.15, -0.1) is 12.4 Å². The van der Waals surface area contributed by atoms with E-state index in [1.54, 1.807) is 38.1 Å². The molecule has 0 aromatic heterocycles. The van der Waals surface area contributed by atoms with Gasteiger partial charge in [0.25, 0.3) is 5.91 Å². The summed E-state index contributed by atoms with van der Waals surface area (Å²) < 4.78 is 54.0. The molecule has 45 heavy (non-hydrogen) atoms. The molecule has 13 heteroatoms. The average Bonchev–Trinajstić information content (AvgIpc) is 2.95. The summed E-state index contributed by atoms with van der Waals surface area (Å²) >= 11 is 0. The normalized spacial score (nSPS) is 15.6. The minimum atomic E-state index is -3.96. The summed E-state index contributed by atoms with van der Waals surface area (Å²) in [5.41, 5.74) is 7.17. The molecule has 0 spiro atoms. The molecule has 0 aliphatic carbocycles. The Morgan fingerprint density at radius 1 is 1.02 bits per heavy atom. The summed E-state index contributed by atoms with van der Waals surface area (Å²) in [6.07, 6.45) is -1.02. The van der Waals surface area contributed by atoms with Gasteiger partial charge in [-0.25, -0.2) is 12.8 Å². The van der Waals surface area contributed by atoms with Crippen LogP contribution in [0.25, 0.3) is 0 Å². The lowest BCUT2D eigenvalue weighted by molar-refractivity contribution is -0.156. The van der Waals surface area contributed by atoms with Crippen molar-refractivity contribution in [2.24, 2.45) is 5.73 Å². The summed E-state index contributed by atoms with van der Waals surface area (Å²) in [4.78, 5) is 26.6. The number of benzene rings is 3. The Kier molecular flexibility index (Phi) is 11.6. The predicted octanol–water partition coefficient (Wildman–Crippen LogP) is 3.62. The highest BCUT2D eigenvalue weighted by molar-refractivity contribution is 7.89. The van der Waals surface area contributed by atoms with Crippen molar-refractivity contribution in [2.45, 2.75) is 55.9 Å². The highest BCUT2D eigenvalue weighted by atomic mass is 35.5. The maximum Gasteiger partial charge on any atom is 0.324 e. The molecule has 1 amide bonds. The molecule has 3 aromatic rings. The van der Waals surface area contributed by atoms with Crippen molar-refractivity contribution in [1.82, 2.24) is 9.62 Å². The molecule has 1 heterocycles. The highest BCUT2D eigenvalue weighted by Gasteiger charge is 2.52. The van der Waals surface area contributed by atoms with Gasteiger partial charge in [-0.3, -0.25) is 9.59 Å². The minimum absolute atomic E-state index is 0. The summed E-state index contributed by atoms with van der Waals surface area (Å²) in [6.45, 7) is 5.04. The zero-order valence-electron chi connectivity index (χ0n) is 25.9. The average molecular weight is 663 g/mol. The number of sulfonamides is 1. The number of halogens is 2. The van der Waals surface area contributed by atoms with Crippen molar-refractivity contribution in [3.8, 4) is 5.75 Å². The molecule has 0 radical (unpaired) electrons. The van der Waals surface area contributed by atoms with Gasteiger partial charge in [0.2, 0.25) is 10.0 Å². The van der Waals surface area contributed by atoms with Gasteiger partial charge in [0, 0.05) is 25.8 Å². The third kappa shape index (κ3) is 8.51. The summed E-state index contributed by atoms with van der Waals surface area (Å²) in [5.74, 6) is -1.06. The van der Waals surface area contributed by atoms with E-state index < -0.39 is 45.5 Å². The molecule has 1 fully saturated rings. The second kappa shape index (κ2) is 14.6. The number of hydrogen-bond acceptors (Lipinski definition) is 8. The van der Waals surface area contributed by atoms with Crippen molar-refractivity contribution < 1.29 is 31.9 Å². The number of esters is 1. The van der Waals surface area contributed by atoms with Crippen molar-refractivity contribution in [2.75, 3.05) is 32.1 Å². The number of rotatable bonds is 12. The van der Waals surface area contributed by atoms with Crippen LogP contribution in [0.4, 0.5) is 10.1 Å². The third-order valence-corrected chi connectivity index (χ3v) is 9.08. The van der Waals surface area contributed by atoms with Crippen LogP contribution in [0.15, 0.2) is 77.7 Å². The fourth-order valence-corrected chi connectivity index (χ4v) is 6.43. The van der Waals surface area contributed by atoms with Crippen LogP contribution in [0.3, 0.4) is 0 Å². The van der Waals surface area contributed by atoms with E-state index in [-0.39, 0.29) is 42.9 Å². The third-order valence-electron chi connectivity index (χ3n) is 7.29. The standard InChI is InChI=1S/C32H39FN4O6S.ClH/c1-21(2)35-30(38)22(3)42-31(39)29(34)18-23-7-6-8-28(17-23)44(40,41)37-19-32(20-37,24-9-11-25(33)12-10-24)43-27-15-13-26(14-16-27)36(4)5;/h6-17,21-22,29H,18-20,34H2,1-5H3,(H,35,38);1H/t22?,29-;/m0./s1. The number of carbonyl (C=O) groups is 2. The molecule has 3 N–H and O–H groups in total. The lowest BCUT2D eigenvalue weighted by atomic mass is 9.87. The first-order chi connectivity index (χ1) is 20.7. The number of nitrogens with one attached hydrogen (secondary N) is 1. The lowest BCUT2D eigenvalue weighted by Crippen LogP contribution is -2.64. The van der Waals surface area contributed by atoms with Gasteiger partial charge >= 0.3 is 5.97 Å². The van der Waals surface area contributed by atoms with Crippen LogP contribution < -0.4 is 20.7 Å². The first-order valence-corrected chi connectivity index (χ1v) is 15.7. The Morgan fingerprint density at radius 3 is 2.22 bits per heavy atom. The first-order valence-electron chi connectivity index (χ1n) is 14.3. The number of ether oxygens (including phenoxy) is 2. The summed E-state index contributed by atoms with van der Waals surface area (Å²) in [6, 6.07) is 18.2. The number of nitrogens with two attached hydrogens (primary N) is 1. The monoisotopic (exact) mass is 662 g/mol. The van der Waals surface area contributed by atoms with Gasteiger partial charge in [-0.05, 0) is 86.8 Å². The van der Waals surface area contributed by atoms with Gasteiger partial charge in [0.1, 0.15) is 17.6 Å². The molecule has 0 saturated carbocycles. The Bertz CT molecular complexity index is 1580. The molecule has 0 bridgehead atoms. The largest absolute Gasteiger partial charge is 0.480 e.